The first kappa shape index (κ1) is 15.2. The molecule has 1 N–H and O–H groups in total. The Morgan fingerprint density at radius 3 is 2.39 bits per heavy atom. The summed E-state index contributed by atoms with van der Waals surface area (Å²) in [6.07, 6.45) is -6.61. The average Bonchev–Trinajstić information content (AvgIpc) is 2.27. The fourth-order valence-corrected chi connectivity index (χ4v) is 1.94. The van der Waals surface area contributed by atoms with E-state index >= 15 is 0 Å². The summed E-state index contributed by atoms with van der Waals surface area (Å²) in [6.45, 7) is 1.64. The highest BCUT2D eigenvalue weighted by atomic mass is 19.4. The van der Waals surface area contributed by atoms with Crippen molar-refractivity contribution < 1.29 is 32.2 Å². The zero-order valence-corrected chi connectivity index (χ0v) is 10.3. The van der Waals surface area contributed by atoms with Gasteiger partial charge in [0.05, 0.1) is 12.1 Å². The van der Waals surface area contributed by atoms with Gasteiger partial charge < -0.3 is 19.5 Å². The summed E-state index contributed by atoms with van der Waals surface area (Å²) in [5.41, 5.74) is 0. The Bertz CT molecular complexity index is 297. The first-order valence-electron chi connectivity index (χ1n) is 5.38. The van der Waals surface area contributed by atoms with Crippen molar-refractivity contribution in [3.05, 3.63) is 0 Å². The number of ether oxygens (including phenoxy) is 3. The first-order valence-corrected chi connectivity index (χ1v) is 5.38. The van der Waals surface area contributed by atoms with Crippen LogP contribution in [0.15, 0.2) is 0 Å². The van der Waals surface area contributed by atoms with E-state index in [1.165, 1.54) is 14.2 Å². The van der Waals surface area contributed by atoms with E-state index in [-0.39, 0.29) is 6.42 Å². The number of carbonyl (C=O) groups excluding carboxylic acids is 1. The van der Waals surface area contributed by atoms with Gasteiger partial charge in [-0.15, -0.1) is 0 Å². The lowest BCUT2D eigenvalue weighted by Gasteiger charge is -2.39. The lowest BCUT2D eigenvalue weighted by Crippen LogP contribution is -2.57. The normalized spacial score (nSPS) is 33.2. The summed E-state index contributed by atoms with van der Waals surface area (Å²) in [5.74, 6) is -1.99. The number of carbonyl (C=O) groups is 1. The van der Waals surface area contributed by atoms with Gasteiger partial charge in [0.1, 0.15) is 6.10 Å². The van der Waals surface area contributed by atoms with Crippen LogP contribution in [-0.2, 0) is 19.0 Å². The van der Waals surface area contributed by atoms with E-state index in [2.05, 4.69) is 0 Å². The minimum Gasteiger partial charge on any atom is -0.377 e. The van der Waals surface area contributed by atoms with Crippen molar-refractivity contribution in [3.8, 4) is 0 Å². The molecule has 0 radical (unpaired) electrons. The van der Waals surface area contributed by atoms with E-state index in [4.69, 9.17) is 14.2 Å². The molecule has 5 nitrogen and oxygen atoms in total. The minimum absolute atomic E-state index is 0.0984. The fraction of sp³-hybridized carbons (Fsp3) is 0.900. The molecule has 0 aromatic rings. The number of rotatable bonds is 3. The number of alkyl halides is 3. The minimum atomic E-state index is -4.91. The van der Waals surface area contributed by atoms with Crippen molar-refractivity contribution in [3.63, 3.8) is 0 Å². The summed E-state index contributed by atoms with van der Waals surface area (Å²) in [4.78, 5) is 10.9. The van der Waals surface area contributed by atoms with Crippen LogP contribution in [0.1, 0.15) is 13.3 Å². The molecule has 18 heavy (non-hydrogen) atoms. The number of halogens is 3. The van der Waals surface area contributed by atoms with Crippen LogP contribution in [0.25, 0.3) is 0 Å². The molecule has 1 fully saturated rings. The molecular weight excluding hydrogens is 255 g/mol. The lowest BCUT2D eigenvalue weighted by molar-refractivity contribution is -0.222. The summed E-state index contributed by atoms with van der Waals surface area (Å²) in [6, 6.07) is -0.808. The van der Waals surface area contributed by atoms with Gasteiger partial charge in [-0.3, -0.25) is 4.79 Å². The predicted molar refractivity (Wildman–Crippen MR) is 54.7 cm³/mol. The third-order valence-corrected chi connectivity index (χ3v) is 2.78. The van der Waals surface area contributed by atoms with Crippen molar-refractivity contribution >= 4 is 5.91 Å². The zero-order valence-electron chi connectivity index (χ0n) is 10.3. The van der Waals surface area contributed by atoms with Gasteiger partial charge in [-0.05, 0) is 6.92 Å². The van der Waals surface area contributed by atoms with E-state index in [0.717, 1.165) is 0 Å². The van der Waals surface area contributed by atoms with Crippen LogP contribution in [0, 0.1) is 0 Å². The van der Waals surface area contributed by atoms with Gasteiger partial charge in [-0.25, -0.2) is 0 Å². The molecule has 0 aromatic heterocycles. The maximum Gasteiger partial charge on any atom is 0.471 e. The third-order valence-electron chi connectivity index (χ3n) is 2.78. The molecule has 0 unspecified atom stereocenters. The second-order valence-electron chi connectivity index (χ2n) is 4.02. The molecule has 1 aliphatic heterocycles. The predicted octanol–water partition coefficient (Wildman–Crippen LogP) is 0.830. The zero-order chi connectivity index (χ0) is 13.9. The molecule has 0 saturated carbocycles. The molecule has 0 aliphatic carbocycles. The van der Waals surface area contributed by atoms with Gasteiger partial charge in [-0.1, -0.05) is 0 Å². The van der Waals surface area contributed by atoms with Gasteiger partial charge in [0.25, 0.3) is 0 Å². The first-order chi connectivity index (χ1) is 8.29. The van der Waals surface area contributed by atoms with Crippen LogP contribution in [0.5, 0.6) is 0 Å². The maximum atomic E-state index is 12.2. The van der Waals surface area contributed by atoms with Crippen LogP contribution in [0.3, 0.4) is 0 Å². The van der Waals surface area contributed by atoms with Crippen LogP contribution in [0.2, 0.25) is 0 Å². The quantitative estimate of drug-likeness (QED) is 0.826. The van der Waals surface area contributed by atoms with Crippen molar-refractivity contribution in [2.24, 2.45) is 0 Å². The Morgan fingerprint density at radius 2 is 1.94 bits per heavy atom. The number of nitrogens with one attached hydrogen (secondary N) is 1. The molecule has 1 heterocycles. The third kappa shape index (κ3) is 3.56. The summed E-state index contributed by atoms with van der Waals surface area (Å²) in [7, 11) is 2.73. The van der Waals surface area contributed by atoms with Crippen LogP contribution in [-0.4, -0.2) is 50.8 Å². The van der Waals surface area contributed by atoms with E-state index in [1.54, 1.807) is 6.92 Å². The van der Waals surface area contributed by atoms with Gasteiger partial charge in [0, 0.05) is 20.6 Å². The molecule has 1 saturated heterocycles. The Kier molecular flexibility index (Phi) is 4.94. The highest BCUT2D eigenvalue weighted by Crippen LogP contribution is 2.24. The summed E-state index contributed by atoms with van der Waals surface area (Å²) in [5, 5.41) is 1.91. The Labute approximate surface area is 103 Å². The molecule has 8 heteroatoms. The van der Waals surface area contributed by atoms with Gasteiger partial charge >= 0.3 is 12.1 Å². The largest absolute Gasteiger partial charge is 0.471 e. The molecule has 106 valence electrons. The topological polar surface area (TPSA) is 56.8 Å². The van der Waals surface area contributed by atoms with E-state index in [9.17, 15) is 18.0 Å². The standard InChI is InChI=1S/C10H16F3NO4/c1-5-8(17-3)6(4-7(16-2)18-5)14-9(15)10(11,12)13/h5-8H,4H2,1-3H3,(H,14,15)/t5-,6+,7+,8+/m1/s1. The van der Waals surface area contributed by atoms with Crippen LogP contribution >= 0.6 is 0 Å². The number of methoxy groups -OCH3 is 2. The Morgan fingerprint density at radius 1 is 1.33 bits per heavy atom. The van der Waals surface area contributed by atoms with Gasteiger partial charge in [-0.2, -0.15) is 13.2 Å². The van der Waals surface area contributed by atoms with E-state index < -0.39 is 36.6 Å². The van der Waals surface area contributed by atoms with Crippen molar-refractivity contribution in [1.82, 2.24) is 5.32 Å². The van der Waals surface area contributed by atoms with Crippen molar-refractivity contribution in [2.45, 2.75) is 44.1 Å². The van der Waals surface area contributed by atoms with E-state index in [0.29, 0.717) is 0 Å². The highest BCUT2D eigenvalue weighted by Gasteiger charge is 2.44. The molecular formula is C10H16F3NO4. The van der Waals surface area contributed by atoms with Crippen molar-refractivity contribution in [2.75, 3.05) is 14.2 Å². The molecule has 0 bridgehead atoms. The van der Waals surface area contributed by atoms with E-state index in [1.807, 2.05) is 5.32 Å². The second-order valence-corrected chi connectivity index (χ2v) is 4.02. The maximum absolute atomic E-state index is 12.2. The number of amides is 1. The number of hydrogen-bond acceptors (Lipinski definition) is 4. The molecule has 4 atom stereocenters. The summed E-state index contributed by atoms with van der Waals surface area (Å²) < 4.78 is 51.9. The molecule has 1 aliphatic rings. The van der Waals surface area contributed by atoms with Gasteiger partial charge in [0.15, 0.2) is 6.29 Å². The molecule has 0 spiro atoms. The highest BCUT2D eigenvalue weighted by molar-refractivity contribution is 5.82. The second kappa shape index (κ2) is 5.85. The Balaban J connectivity index is 2.73. The van der Waals surface area contributed by atoms with Crippen LogP contribution in [0.4, 0.5) is 13.2 Å². The molecule has 1 rings (SSSR count). The number of hydrogen-bond donors (Lipinski definition) is 1. The molecule has 1 amide bonds. The lowest BCUT2D eigenvalue weighted by atomic mass is 9.99. The Hall–Kier alpha value is -0.860. The monoisotopic (exact) mass is 271 g/mol. The molecule has 0 aromatic carbocycles. The smallest absolute Gasteiger partial charge is 0.377 e. The SMILES string of the molecule is CO[C@@H]1C[C@H](NC(=O)C(F)(F)F)[C@@H](OC)[C@@H](C)O1. The van der Waals surface area contributed by atoms with Crippen LogP contribution < -0.4 is 5.32 Å². The van der Waals surface area contributed by atoms with Gasteiger partial charge in [0.2, 0.25) is 0 Å². The average molecular weight is 271 g/mol. The van der Waals surface area contributed by atoms with Crippen molar-refractivity contribution in [1.29, 1.82) is 0 Å². The summed E-state index contributed by atoms with van der Waals surface area (Å²) >= 11 is 0. The fourth-order valence-electron chi connectivity index (χ4n) is 1.94.